The zero-order chi connectivity index (χ0) is 27.8. The van der Waals surface area contributed by atoms with Crippen LogP contribution in [0.1, 0.15) is 61.9 Å². The van der Waals surface area contributed by atoms with Crippen LogP contribution in [0.5, 0.6) is 5.75 Å². The van der Waals surface area contributed by atoms with E-state index in [1.54, 1.807) is 7.11 Å². The van der Waals surface area contributed by atoms with E-state index in [0.29, 0.717) is 37.2 Å². The number of carbonyl (C=O) groups is 3. The van der Waals surface area contributed by atoms with E-state index in [9.17, 15) is 14.4 Å². The fraction of sp³-hybridized carbons (Fsp3) is 0.516. The van der Waals surface area contributed by atoms with Gasteiger partial charge < -0.3 is 24.8 Å². The van der Waals surface area contributed by atoms with Crippen molar-refractivity contribution in [2.24, 2.45) is 0 Å². The highest BCUT2D eigenvalue weighted by Gasteiger charge is 2.25. The van der Waals surface area contributed by atoms with Crippen LogP contribution in [0.15, 0.2) is 24.3 Å². The fourth-order valence-corrected chi connectivity index (χ4v) is 5.78. The van der Waals surface area contributed by atoms with Crippen LogP contribution in [0.3, 0.4) is 0 Å². The van der Waals surface area contributed by atoms with Crippen molar-refractivity contribution >= 4 is 30.9 Å². The molecule has 0 aromatic heterocycles. The average Bonchev–Trinajstić information content (AvgIpc) is 2.99. The number of hydrogen-bond acceptors (Lipinski definition) is 7. The summed E-state index contributed by atoms with van der Waals surface area (Å²) in [6.07, 6.45) is 5.08. The number of fused-ring (bicyclic) bond motifs is 2. The van der Waals surface area contributed by atoms with Crippen LogP contribution in [-0.2, 0) is 37.1 Å². The third kappa shape index (κ3) is 7.49. The quantitative estimate of drug-likeness (QED) is 0.512. The summed E-state index contributed by atoms with van der Waals surface area (Å²) in [7, 11) is 3.71. The Bertz CT molecular complexity index is 1180. The molecular formula is C31H43ClN4O4. The van der Waals surface area contributed by atoms with Gasteiger partial charge in [0.2, 0.25) is 5.91 Å². The molecule has 0 radical (unpaired) electrons. The molecule has 1 saturated heterocycles. The van der Waals surface area contributed by atoms with Gasteiger partial charge in [0.15, 0.2) is 12.6 Å². The molecule has 8 nitrogen and oxygen atoms in total. The van der Waals surface area contributed by atoms with Gasteiger partial charge in [0, 0.05) is 64.3 Å². The van der Waals surface area contributed by atoms with Crippen molar-refractivity contribution in [1.29, 1.82) is 0 Å². The molecule has 0 atom stereocenters. The summed E-state index contributed by atoms with van der Waals surface area (Å²) in [6, 6.07) is 8.02. The van der Waals surface area contributed by atoms with Gasteiger partial charge >= 0.3 is 0 Å². The number of nitrogens with zero attached hydrogens (tertiary/aromatic N) is 3. The van der Waals surface area contributed by atoms with Crippen molar-refractivity contribution < 1.29 is 19.1 Å². The van der Waals surface area contributed by atoms with E-state index in [0.717, 1.165) is 87.9 Å². The SMILES string of the molecule is CCc1ccc2c(c1C=O)CCNC2.COc1ccc2c(c1C=O)CCN(C(=O)CCN1CCN(C)CC1)C2.Cl. The number of piperazine rings is 1. The third-order valence-electron chi connectivity index (χ3n) is 8.25. The normalized spacial score (nSPS) is 16.9. The summed E-state index contributed by atoms with van der Waals surface area (Å²) < 4.78 is 5.27. The maximum atomic E-state index is 12.6. The summed E-state index contributed by atoms with van der Waals surface area (Å²) in [5.41, 5.74) is 7.38. The standard InChI is InChI=1S/C19H27N3O3.C12H15NO.ClH/c1-20-9-11-21(12-10-20)7-6-19(24)22-8-5-16-15(13-22)3-4-18(25-2)17(16)14-23;1-2-9-3-4-10-7-13-6-5-11(10)12(9)8-14;/h3-4,14H,5-13H2,1-2H3;3-4,8,13H,2,5-7H2,1H3;1H. The van der Waals surface area contributed by atoms with E-state index >= 15 is 0 Å². The maximum absolute atomic E-state index is 12.6. The number of nitrogens with one attached hydrogen (secondary N) is 1. The van der Waals surface area contributed by atoms with Crippen LogP contribution < -0.4 is 10.1 Å². The van der Waals surface area contributed by atoms with E-state index in [2.05, 4.69) is 41.2 Å². The molecule has 9 heteroatoms. The Morgan fingerprint density at radius 3 is 2.33 bits per heavy atom. The number of aryl methyl sites for hydroxylation is 1. The number of amides is 1. The first-order chi connectivity index (χ1) is 19.0. The van der Waals surface area contributed by atoms with Gasteiger partial charge in [-0.3, -0.25) is 14.4 Å². The monoisotopic (exact) mass is 570 g/mol. The number of hydrogen-bond donors (Lipinski definition) is 1. The van der Waals surface area contributed by atoms with Crippen LogP contribution in [0.25, 0.3) is 0 Å². The lowest BCUT2D eigenvalue weighted by Crippen LogP contribution is -2.46. The summed E-state index contributed by atoms with van der Waals surface area (Å²) in [4.78, 5) is 41.6. The molecule has 0 spiro atoms. The number of ether oxygens (including phenoxy) is 1. The fourth-order valence-electron chi connectivity index (χ4n) is 5.78. The van der Waals surface area contributed by atoms with Crippen molar-refractivity contribution in [2.45, 2.75) is 45.7 Å². The molecule has 3 aliphatic heterocycles. The zero-order valence-electron chi connectivity index (χ0n) is 24.0. The van der Waals surface area contributed by atoms with Gasteiger partial charge in [0.1, 0.15) is 5.75 Å². The number of benzene rings is 2. The highest BCUT2D eigenvalue weighted by molar-refractivity contribution is 5.85. The molecule has 40 heavy (non-hydrogen) atoms. The summed E-state index contributed by atoms with van der Waals surface area (Å²) in [5.74, 6) is 0.816. The minimum atomic E-state index is 0. The lowest BCUT2D eigenvalue weighted by Gasteiger charge is -2.33. The lowest BCUT2D eigenvalue weighted by atomic mass is 9.91. The molecular weight excluding hydrogens is 528 g/mol. The van der Waals surface area contributed by atoms with Crippen molar-refractivity contribution in [3.63, 3.8) is 0 Å². The molecule has 1 fully saturated rings. The topological polar surface area (TPSA) is 82.2 Å². The number of carbonyl (C=O) groups excluding carboxylic acids is 3. The molecule has 0 saturated carbocycles. The number of rotatable bonds is 7. The van der Waals surface area contributed by atoms with Gasteiger partial charge in [-0.1, -0.05) is 25.1 Å². The van der Waals surface area contributed by atoms with E-state index in [1.807, 2.05) is 17.0 Å². The Morgan fingerprint density at radius 1 is 0.950 bits per heavy atom. The van der Waals surface area contributed by atoms with E-state index in [1.165, 1.54) is 16.7 Å². The molecule has 2 aromatic rings. The van der Waals surface area contributed by atoms with Crippen molar-refractivity contribution in [3.05, 3.63) is 63.2 Å². The van der Waals surface area contributed by atoms with Crippen LogP contribution in [0, 0.1) is 0 Å². The Balaban J connectivity index is 0.000000250. The van der Waals surface area contributed by atoms with Gasteiger partial charge in [-0.15, -0.1) is 12.4 Å². The number of halogens is 1. The maximum Gasteiger partial charge on any atom is 0.224 e. The smallest absolute Gasteiger partial charge is 0.224 e. The summed E-state index contributed by atoms with van der Waals surface area (Å²) >= 11 is 0. The van der Waals surface area contributed by atoms with Gasteiger partial charge in [0.05, 0.1) is 12.7 Å². The van der Waals surface area contributed by atoms with Crippen molar-refractivity contribution in [3.8, 4) is 5.75 Å². The highest BCUT2D eigenvalue weighted by Crippen LogP contribution is 2.29. The highest BCUT2D eigenvalue weighted by atomic mass is 35.5. The van der Waals surface area contributed by atoms with Crippen LogP contribution in [0.4, 0.5) is 0 Å². The molecule has 218 valence electrons. The number of methoxy groups -OCH3 is 1. The van der Waals surface area contributed by atoms with Crippen molar-refractivity contribution in [1.82, 2.24) is 20.0 Å². The molecule has 3 heterocycles. The van der Waals surface area contributed by atoms with Gasteiger partial charge in [-0.05, 0) is 66.7 Å². The Labute approximate surface area is 244 Å². The second-order valence-electron chi connectivity index (χ2n) is 10.6. The summed E-state index contributed by atoms with van der Waals surface area (Å²) in [5, 5.41) is 3.31. The van der Waals surface area contributed by atoms with Gasteiger partial charge in [-0.25, -0.2) is 0 Å². The van der Waals surface area contributed by atoms with E-state index in [-0.39, 0.29) is 18.3 Å². The predicted molar refractivity (Wildman–Crippen MR) is 160 cm³/mol. The largest absolute Gasteiger partial charge is 0.496 e. The van der Waals surface area contributed by atoms with E-state index in [4.69, 9.17) is 4.74 Å². The molecule has 0 unspecified atom stereocenters. The zero-order valence-corrected chi connectivity index (χ0v) is 24.9. The first-order valence-electron chi connectivity index (χ1n) is 14.1. The Hall–Kier alpha value is -2.78. The second-order valence-corrected chi connectivity index (χ2v) is 10.6. The molecule has 0 bridgehead atoms. The van der Waals surface area contributed by atoms with Crippen LogP contribution in [-0.4, -0.2) is 93.1 Å². The summed E-state index contributed by atoms with van der Waals surface area (Å²) in [6.45, 7) is 10.3. The van der Waals surface area contributed by atoms with Crippen LogP contribution >= 0.6 is 12.4 Å². The minimum Gasteiger partial charge on any atom is -0.496 e. The number of likely N-dealkylation sites (N-methyl/N-ethyl adjacent to an activating group) is 1. The number of aldehydes is 2. The van der Waals surface area contributed by atoms with Crippen molar-refractivity contribution in [2.75, 3.05) is 60.0 Å². The predicted octanol–water partition coefficient (Wildman–Crippen LogP) is 3.16. The first kappa shape index (κ1) is 31.7. The average molecular weight is 571 g/mol. The minimum absolute atomic E-state index is 0. The first-order valence-corrected chi connectivity index (χ1v) is 14.1. The lowest BCUT2D eigenvalue weighted by molar-refractivity contribution is -0.132. The molecule has 1 N–H and O–H groups in total. The van der Waals surface area contributed by atoms with E-state index < -0.39 is 0 Å². The molecule has 1 amide bonds. The molecule has 0 aliphatic carbocycles. The van der Waals surface area contributed by atoms with Gasteiger partial charge in [0.25, 0.3) is 0 Å². The molecule has 2 aromatic carbocycles. The van der Waals surface area contributed by atoms with Crippen LogP contribution in [0.2, 0.25) is 0 Å². The second kappa shape index (κ2) is 15.3. The molecule has 5 rings (SSSR count). The van der Waals surface area contributed by atoms with Gasteiger partial charge in [-0.2, -0.15) is 0 Å². The molecule has 3 aliphatic rings. The third-order valence-corrected chi connectivity index (χ3v) is 8.25. The Kier molecular flexibility index (Phi) is 12.1. The Morgan fingerprint density at radius 2 is 1.65 bits per heavy atom.